The van der Waals surface area contributed by atoms with Gasteiger partial charge in [-0.15, -0.1) is 0 Å². The predicted octanol–water partition coefficient (Wildman–Crippen LogP) is 3.30. The number of hydrogen-bond acceptors (Lipinski definition) is 5. The van der Waals surface area contributed by atoms with Gasteiger partial charge in [-0.2, -0.15) is 0 Å². The van der Waals surface area contributed by atoms with Gasteiger partial charge in [0.2, 0.25) is 0 Å². The summed E-state index contributed by atoms with van der Waals surface area (Å²) < 4.78 is 16.9. The summed E-state index contributed by atoms with van der Waals surface area (Å²) in [4.78, 5) is 21.9. The number of aromatic nitrogens is 2. The number of rotatable bonds is 7. The van der Waals surface area contributed by atoms with Gasteiger partial charge in [-0.3, -0.25) is 9.63 Å². The Hall–Kier alpha value is -2.68. The van der Waals surface area contributed by atoms with Crippen LogP contribution in [0.3, 0.4) is 0 Å². The van der Waals surface area contributed by atoms with Gasteiger partial charge in [-0.25, -0.2) is 14.9 Å². The number of halogens is 2. The number of hydroxylamine groups is 1. The second-order valence-corrected chi connectivity index (χ2v) is 6.74. The third-order valence-corrected chi connectivity index (χ3v) is 4.52. The molecule has 148 valence electrons. The van der Waals surface area contributed by atoms with E-state index in [2.05, 4.69) is 21.1 Å². The van der Waals surface area contributed by atoms with Crippen molar-refractivity contribution in [2.45, 2.75) is 6.92 Å². The van der Waals surface area contributed by atoms with Crippen LogP contribution >= 0.6 is 11.6 Å². The lowest BCUT2D eigenvalue weighted by atomic mass is 10.1. The zero-order valence-electron chi connectivity index (χ0n) is 15.8. The van der Waals surface area contributed by atoms with Crippen molar-refractivity contribution in [1.29, 1.82) is 0 Å². The molecular formula is C19H21ClFN5O2. The van der Waals surface area contributed by atoms with Crippen molar-refractivity contribution in [3.05, 3.63) is 52.6 Å². The largest absolute Gasteiger partial charge is 0.351 e. The highest BCUT2D eigenvalue weighted by Gasteiger charge is 2.22. The molecular weight excluding hydrogens is 385 g/mol. The first-order valence-electron chi connectivity index (χ1n) is 8.65. The van der Waals surface area contributed by atoms with Crippen LogP contribution in [0.5, 0.6) is 0 Å². The van der Waals surface area contributed by atoms with Crippen molar-refractivity contribution in [2.75, 3.05) is 25.5 Å². The van der Waals surface area contributed by atoms with Gasteiger partial charge in [0.25, 0.3) is 5.91 Å². The molecule has 7 nitrogen and oxygen atoms in total. The van der Waals surface area contributed by atoms with E-state index in [0.29, 0.717) is 22.8 Å². The molecule has 9 heteroatoms. The lowest BCUT2D eigenvalue weighted by Gasteiger charge is -2.15. The topological polar surface area (TPSA) is 80.2 Å². The molecule has 1 amide bonds. The first kappa shape index (κ1) is 20.1. The Morgan fingerprint density at radius 2 is 2.14 bits per heavy atom. The first-order chi connectivity index (χ1) is 13.4. The fourth-order valence-corrected chi connectivity index (χ4v) is 2.99. The van der Waals surface area contributed by atoms with E-state index in [0.717, 1.165) is 5.56 Å². The molecule has 0 aliphatic rings. The van der Waals surface area contributed by atoms with Gasteiger partial charge < -0.3 is 15.2 Å². The predicted molar refractivity (Wildman–Crippen MR) is 107 cm³/mol. The molecule has 0 saturated heterocycles. The SMILES string of the molecule is CNCCONC(=O)c1cc2c(ncn2C)c(F)c1Nc1ccc(C)cc1Cl. The Morgan fingerprint density at radius 3 is 2.86 bits per heavy atom. The molecule has 1 aromatic heterocycles. The van der Waals surface area contributed by atoms with Crippen LogP contribution in [0.15, 0.2) is 30.6 Å². The number of hydrogen-bond donors (Lipinski definition) is 3. The maximum absolute atomic E-state index is 15.2. The molecule has 1 heterocycles. The molecule has 3 aromatic rings. The van der Waals surface area contributed by atoms with E-state index in [-0.39, 0.29) is 23.4 Å². The van der Waals surface area contributed by atoms with Gasteiger partial charge in [0, 0.05) is 13.6 Å². The zero-order valence-corrected chi connectivity index (χ0v) is 16.5. The number of likely N-dealkylation sites (N-methyl/N-ethyl adjacent to an activating group) is 1. The Balaban J connectivity index is 2.03. The monoisotopic (exact) mass is 405 g/mol. The molecule has 0 aliphatic heterocycles. The van der Waals surface area contributed by atoms with Crippen molar-refractivity contribution in [2.24, 2.45) is 7.05 Å². The summed E-state index contributed by atoms with van der Waals surface area (Å²) in [5, 5.41) is 6.25. The Kier molecular flexibility index (Phi) is 6.13. The number of benzene rings is 2. The molecule has 0 fully saturated rings. The van der Waals surface area contributed by atoms with E-state index in [4.69, 9.17) is 16.4 Å². The van der Waals surface area contributed by atoms with Crippen molar-refractivity contribution < 1.29 is 14.0 Å². The van der Waals surface area contributed by atoms with Crippen LogP contribution in [0, 0.1) is 12.7 Å². The lowest BCUT2D eigenvalue weighted by molar-refractivity contribution is 0.0329. The summed E-state index contributed by atoms with van der Waals surface area (Å²) in [6, 6.07) is 6.88. The molecule has 0 bridgehead atoms. The molecule has 28 heavy (non-hydrogen) atoms. The molecule has 0 saturated carbocycles. The minimum Gasteiger partial charge on any atom is -0.351 e. The van der Waals surface area contributed by atoms with E-state index in [1.54, 1.807) is 36.9 Å². The number of carbonyl (C=O) groups excluding carboxylic acids is 1. The third kappa shape index (κ3) is 4.09. The number of amides is 1. The Morgan fingerprint density at radius 1 is 1.36 bits per heavy atom. The van der Waals surface area contributed by atoms with E-state index in [1.165, 1.54) is 6.33 Å². The number of aryl methyl sites for hydroxylation is 2. The van der Waals surface area contributed by atoms with Crippen LogP contribution in [0.2, 0.25) is 5.02 Å². The smallest absolute Gasteiger partial charge is 0.277 e. The zero-order chi connectivity index (χ0) is 20.3. The number of carbonyl (C=O) groups is 1. The van der Waals surface area contributed by atoms with Gasteiger partial charge >= 0.3 is 0 Å². The first-order valence-corrected chi connectivity index (χ1v) is 9.03. The number of fused-ring (bicyclic) bond motifs is 1. The molecule has 0 spiro atoms. The molecule has 0 unspecified atom stereocenters. The molecule has 0 radical (unpaired) electrons. The van der Waals surface area contributed by atoms with Gasteiger partial charge in [0.05, 0.1) is 40.4 Å². The summed E-state index contributed by atoms with van der Waals surface area (Å²) >= 11 is 6.27. The second-order valence-electron chi connectivity index (χ2n) is 6.33. The number of imidazole rings is 1. The summed E-state index contributed by atoms with van der Waals surface area (Å²) in [5.74, 6) is -1.22. The van der Waals surface area contributed by atoms with E-state index in [9.17, 15) is 4.79 Å². The van der Waals surface area contributed by atoms with Crippen LogP contribution in [-0.2, 0) is 11.9 Å². The molecule has 3 rings (SSSR count). The Bertz CT molecular complexity index is 1020. The quantitative estimate of drug-likeness (QED) is 0.415. The van der Waals surface area contributed by atoms with Gasteiger partial charge in [-0.1, -0.05) is 17.7 Å². The van der Waals surface area contributed by atoms with Crippen molar-refractivity contribution >= 4 is 39.9 Å². The Labute approximate surface area is 166 Å². The number of nitrogens with zero attached hydrogens (tertiary/aromatic N) is 2. The fraction of sp³-hybridized carbons (Fsp3) is 0.263. The summed E-state index contributed by atoms with van der Waals surface area (Å²) in [6.45, 7) is 2.72. The van der Waals surface area contributed by atoms with Gasteiger partial charge in [0.15, 0.2) is 5.82 Å². The van der Waals surface area contributed by atoms with Crippen LogP contribution in [0.1, 0.15) is 15.9 Å². The summed E-state index contributed by atoms with van der Waals surface area (Å²) in [7, 11) is 3.49. The van der Waals surface area contributed by atoms with Crippen LogP contribution < -0.4 is 16.1 Å². The van der Waals surface area contributed by atoms with Crippen LogP contribution in [0.4, 0.5) is 15.8 Å². The molecule has 0 atom stereocenters. The second kappa shape index (κ2) is 8.55. The van der Waals surface area contributed by atoms with E-state index in [1.807, 2.05) is 13.0 Å². The molecule has 3 N–H and O–H groups in total. The third-order valence-electron chi connectivity index (χ3n) is 4.21. The normalized spacial score (nSPS) is 11.0. The molecule has 2 aromatic carbocycles. The minimum atomic E-state index is -0.643. The fourth-order valence-electron chi connectivity index (χ4n) is 2.71. The van der Waals surface area contributed by atoms with E-state index < -0.39 is 11.7 Å². The minimum absolute atomic E-state index is 0.0216. The maximum atomic E-state index is 15.2. The van der Waals surface area contributed by atoms with Crippen molar-refractivity contribution in [1.82, 2.24) is 20.3 Å². The average Bonchev–Trinajstić information content (AvgIpc) is 3.03. The van der Waals surface area contributed by atoms with E-state index >= 15 is 4.39 Å². The van der Waals surface area contributed by atoms with Crippen LogP contribution in [0.25, 0.3) is 11.0 Å². The highest BCUT2D eigenvalue weighted by Crippen LogP contribution is 2.33. The lowest BCUT2D eigenvalue weighted by Crippen LogP contribution is -2.28. The summed E-state index contributed by atoms with van der Waals surface area (Å²) in [6.07, 6.45) is 1.49. The standard InChI is InChI=1S/C19H21ClFN5O2/c1-11-4-5-14(13(20)8-11)24-17-12(19(27)25-28-7-6-22-2)9-15-18(16(17)21)23-10-26(15)3/h4-5,8-10,22,24H,6-7H2,1-3H3,(H,25,27). The average molecular weight is 406 g/mol. The van der Waals surface area contributed by atoms with Crippen molar-refractivity contribution in [3.63, 3.8) is 0 Å². The van der Waals surface area contributed by atoms with Crippen LogP contribution in [-0.4, -0.2) is 35.7 Å². The highest BCUT2D eigenvalue weighted by atomic mass is 35.5. The number of anilines is 2. The number of nitrogens with one attached hydrogen (secondary N) is 3. The maximum Gasteiger partial charge on any atom is 0.277 e. The highest BCUT2D eigenvalue weighted by molar-refractivity contribution is 6.33. The van der Waals surface area contributed by atoms with Gasteiger partial charge in [0.1, 0.15) is 5.52 Å². The van der Waals surface area contributed by atoms with Gasteiger partial charge in [-0.05, 0) is 37.7 Å². The van der Waals surface area contributed by atoms with Crippen molar-refractivity contribution in [3.8, 4) is 0 Å². The summed E-state index contributed by atoms with van der Waals surface area (Å²) in [5.41, 5.74) is 4.48. The molecule has 0 aliphatic carbocycles.